The summed E-state index contributed by atoms with van der Waals surface area (Å²) < 4.78 is 16.8. The lowest BCUT2D eigenvalue weighted by molar-refractivity contribution is -0.0580. The van der Waals surface area contributed by atoms with Crippen LogP contribution in [0, 0.1) is 0 Å². The van der Waals surface area contributed by atoms with Crippen molar-refractivity contribution in [3.8, 4) is 0 Å². The Hall–Kier alpha value is -0.160. The molecule has 0 spiro atoms. The third kappa shape index (κ3) is 5.25. The Morgan fingerprint density at radius 1 is 1.38 bits per heavy atom. The van der Waals surface area contributed by atoms with Crippen LogP contribution in [-0.2, 0) is 14.2 Å². The highest BCUT2D eigenvalue weighted by molar-refractivity contribution is 4.74. The monoisotopic (exact) mass is 231 g/mol. The number of rotatable bonds is 8. The van der Waals surface area contributed by atoms with Crippen LogP contribution in [-0.4, -0.2) is 51.7 Å². The van der Waals surface area contributed by atoms with Gasteiger partial charge in [0.05, 0.1) is 31.5 Å². The third-order valence-electron chi connectivity index (χ3n) is 2.75. The van der Waals surface area contributed by atoms with E-state index in [9.17, 15) is 0 Å². The number of hydrogen-bond acceptors (Lipinski definition) is 4. The molecule has 16 heavy (non-hydrogen) atoms. The summed E-state index contributed by atoms with van der Waals surface area (Å²) in [5.41, 5.74) is 0. The van der Waals surface area contributed by atoms with Gasteiger partial charge in [-0.15, -0.1) is 0 Å². The van der Waals surface area contributed by atoms with E-state index in [0.29, 0.717) is 19.3 Å². The summed E-state index contributed by atoms with van der Waals surface area (Å²) in [5, 5.41) is 3.14. The summed E-state index contributed by atoms with van der Waals surface area (Å²) in [5.74, 6) is 0. The van der Waals surface area contributed by atoms with Gasteiger partial charge < -0.3 is 19.5 Å². The van der Waals surface area contributed by atoms with E-state index in [4.69, 9.17) is 14.2 Å². The van der Waals surface area contributed by atoms with E-state index in [2.05, 4.69) is 5.32 Å². The molecule has 0 amide bonds. The Balaban J connectivity index is 2.05. The highest BCUT2D eigenvalue weighted by Gasteiger charge is 2.25. The molecule has 1 fully saturated rings. The molecular formula is C12H25NO3. The van der Waals surface area contributed by atoms with Gasteiger partial charge in [-0.1, -0.05) is 0 Å². The van der Waals surface area contributed by atoms with Crippen molar-refractivity contribution >= 4 is 0 Å². The average molecular weight is 231 g/mol. The molecule has 4 heteroatoms. The van der Waals surface area contributed by atoms with Gasteiger partial charge in [0.15, 0.2) is 0 Å². The van der Waals surface area contributed by atoms with Crippen LogP contribution in [0.1, 0.15) is 26.7 Å². The van der Waals surface area contributed by atoms with Crippen molar-refractivity contribution in [2.24, 2.45) is 0 Å². The van der Waals surface area contributed by atoms with Gasteiger partial charge in [-0.3, -0.25) is 0 Å². The molecule has 1 N–H and O–H groups in total. The standard InChI is InChI=1S/C12H25NO3/c1-4-14-8-10(2)15-9-12-6-5-11(16-12)7-13-3/h10-13H,4-9H2,1-3H3. The zero-order valence-corrected chi connectivity index (χ0v) is 10.7. The molecule has 0 saturated carbocycles. The molecule has 1 aliphatic rings. The van der Waals surface area contributed by atoms with Crippen molar-refractivity contribution in [1.29, 1.82) is 0 Å². The topological polar surface area (TPSA) is 39.7 Å². The minimum atomic E-state index is 0.159. The van der Waals surface area contributed by atoms with E-state index in [1.54, 1.807) is 0 Å². The first-order valence-corrected chi connectivity index (χ1v) is 6.25. The fourth-order valence-corrected chi connectivity index (χ4v) is 1.88. The van der Waals surface area contributed by atoms with Crippen LogP contribution in [0.15, 0.2) is 0 Å². The van der Waals surface area contributed by atoms with Gasteiger partial charge in [0.1, 0.15) is 0 Å². The Bertz CT molecular complexity index is 178. The first-order valence-electron chi connectivity index (χ1n) is 6.25. The lowest BCUT2D eigenvalue weighted by Crippen LogP contribution is -2.27. The summed E-state index contributed by atoms with van der Waals surface area (Å²) in [6, 6.07) is 0. The van der Waals surface area contributed by atoms with E-state index in [0.717, 1.165) is 26.0 Å². The van der Waals surface area contributed by atoms with Crippen LogP contribution in [0.5, 0.6) is 0 Å². The molecule has 0 radical (unpaired) electrons. The van der Waals surface area contributed by atoms with Gasteiger partial charge >= 0.3 is 0 Å². The van der Waals surface area contributed by atoms with Gasteiger partial charge in [0.2, 0.25) is 0 Å². The zero-order valence-electron chi connectivity index (χ0n) is 10.7. The van der Waals surface area contributed by atoms with Crippen LogP contribution in [0.3, 0.4) is 0 Å². The Kier molecular flexibility index (Phi) is 6.96. The highest BCUT2D eigenvalue weighted by Crippen LogP contribution is 2.19. The Morgan fingerprint density at radius 2 is 2.12 bits per heavy atom. The van der Waals surface area contributed by atoms with Crippen LogP contribution in [0.4, 0.5) is 0 Å². The van der Waals surface area contributed by atoms with Crippen LogP contribution in [0.25, 0.3) is 0 Å². The second-order valence-corrected chi connectivity index (χ2v) is 4.32. The minimum absolute atomic E-state index is 0.159. The van der Waals surface area contributed by atoms with E-state index in [-0.39, 0.29) is 12.2 Å². The van der Waals surface area contributed by atoms with Crippen molar-refractivity contribution in [1.82, 2.24) is 5.32 Å². The van der Waals surface area contributed by atoms with Gasteiger partial charge in [-0.25, -0.2) is 0 Å². The molecule has 0 aromatic rings. The van der Waals surface area contributed by atoms with Crippen molar-refractivity contribution in [3.05, 3.63) is 0 Å². The smallest absolute Gasteiger partial charge is 0.0814 e. The molecule has 1 heterocycles. The molecule has 4 nitrogen and oxygen atoms in total. The maximum absolute atomic E-state index is 5.83. The minimum Gasteiger partial charge on any atom is -0.379 e. The quantitative estimate of drug-likeness (QED) is 0.681. The third-order valence-corrected chi connectivity index (χ3v) is 2.75. The predicted octanol–water partition coefficient (Wildman–Crippen LogP) is 1.19. The van der Waals surface area contributed by atoms with Crippen molar-refractivity contribution in [2.45, 2.75) is 45.0 Å². The van der Waals surface area contributed by atoms with Crippen molar-refractivity contribution in [3.63, 3.8) is 0 Å². The summed E-state index contributed by atoms with van der Waals surface area (Å²) in [6.07, 6.45) is 3.03. The van der Waals surface area contributed by atoms with E-state index in [1.165, 1.54) is 0 Å². The fourth-order valence-electron chi connectivity index (χ4n) is 1.88. The SMILES string of the molecule is CCOCC(C)OCC1CCC(CNC)O1. The van der Waals surface area contributed by atoms with Crippen LogP contribution in [0.2, 0.25) is 0 Å². The summed E-state index contributed by atoms with van der Waals surface area (Å²) in [6.45, 7) is 7.07. The molecular weight excluding hydrogens is 206 g/mol. The molecule has 96 valence electrons. The Labute approximate surface area is 98.6 Å². The first kappa shape index (κ1) is 13.9. The molecule has 0 aromatic heterocycles. The fraction of sp³-hybridized carbons (Fsp3) is 1.00. The molecule has 0 aromatic carbocycles. The lowest BCUT2D eigenvalue weighted by atomic mass is 10.2. The van der Waals surface area contributed by atoms with E-state index < -0.39 is 0 Å². The van der Waals surface area contributed by atoms with Gasteiger partial charge in [0, 0.05) is 13.2 Å². The summed E-state index contributed by atoms with van der Waals surface area (Å²) in [7, 11) is 1.96. The van der Waals surface area contributed by atoms with Crippen LogP contribution < -0.4 is 5.32 Å². The van der Waals surface area contributed by atoms with Crippen molar-refractivity contribution in [2.75, 3.05) is 33.4 Å². The van der Waals surface area contributed by atoms with Gasteiger partial charge in [-0.05, 0) is 33.7 Å². The normalized spacial score (nSPS) is 27.2. The highest BCUT2D eigenvalue weighted by atomic mass is 16.6. The first-order chi connectivity index (χ1) is 7.76. The second-order valence-electron chi connectivity index (χ2n) is 4.32. The molecule has 3 unspecified atom stereocenters. The van der Waals surface area contributed by atoms with E-state index in [1.807, 2.05) is 20.9 Å². The molecule has 1 rings (SSSR count). The Morgan fingerprint density at radius 3 is 2.81 bits per heavy atom. The van der Waals surface area contributed by atoms with Gasteiger partial charge in [-0.2, -0.15) is 0 Å². The maximum atomic E-state index is 5.83. The van der Waals surface area contributed by atoms with Crippen molar-refractivity contribution < 1.29 is 14.2 Å². The van der Waals surface area contributed by atoms with Crippen LogP contribution >= 0.6 is 0 Å². The molecule has 0 aliphatic carbocycles. The largest absolute Gasteiger partial charge is 0.379 e. The maximum Gasteiger partial charge on any atom is 0.0814 e. The number of hydrogen-bond donors (Lipinski definition) is 1. The molecule has 1 aliphatic heterocycles. The number of likely N-dealkylation sites (N-methyl/N-ethyl adjacent to an activating group) is 1. The molecule has 0 bridgehead atoms. The predicted molar refractivity (Wildman–Crippen MR) is 63.7 cm³/mol. The van der Waals surface area contributed by atoms with Gasteiger partial charge in [0.25, 0.3) is 0 Å². The summed E-state index contributed by atoms with van der Waals surface area (Å²) in [4.78, 5) is 0. The summed E-state index contributed by atoms with van der Waals surface area (Å²) >= 11 is 0. The molecule has 3 atom stereocenters. The number of nitrogens with one attached hydrogen (secondary N) is 1. The number of ether oxygens (including phenoxy) is 3. The lowest BCUT2D eigenvalue weighted by Gasteiger charge is -2.17. The second kappa shape index (κ2) is 8.01. The average Bonchev–Trinajstić information content (AvgIpc) is 2.72. The zero-order chi connectivity index (χ0) is 11.8. The molecule has 1 saturated heterocycles. The van der Waals surface area contributed by atoms with E-state index >= 15 is 0 Å².